The summed E-state index contributed by atoms with van der Waals surface area (Å²) in [5.74, 6) is 0. The summed E-state index contributed by atoms with van der Waals surface area (Å²) in [5, 5.41) is 10.0. The second-order valence-corrected chi connectivity index (χ2v) is 4.83. The molecule has 0 saturated carbocycles. The zero-order valence-corrected chi connectivity index (χ0v) is 8.08. The standard InChI is InChI=1S/C9H9NO3S/c10-7-2-1-3-8-9(7)6(4-11)5-14(8,12)13/h1-3,5,11H,4,10H2. The predicted molar refractivity (Wildman–Crippen MR) is 53.1 cm³/mol. The normalized spacial score (nSPS) is 17.6. The van der Waals surface area contributed by atoms with Gasteiger partial charge in [-0.25, -0.2) is 8.42 Å². The number of sulfone groups is 1. The van der Waals surface area contributed by atoms with E-state index in [0.29, 0.717) is 16.8 Å². The number of hydrogen-bond acceptors (Lipinski definition) is 4. The molecule has 4 nitrogen and oxygen atoms in total. The fourth-order valence-corrected chi connectivity index (χ4v) is 3.05. The topological polar surface area (TPSA) is 80.4 Å². The van der Waals surface area contributed by atoms with Crippen LogP contribution in [0, 0.1) is 0 Å². The van der Waals surface area contributed by atoms with Crippen molar-refractivity contribution in [1.29, 1.82) is 0 Å². The van der Waals surface area contributed by atoms with E-state index < -0.39 is 9.84 Å². The number of aliphatic hydroxyl groups excluding tert-OH is 1. The number of anilines is 1. The molecule has 5 heteroatoms. The van der Waals surface area contributed by atoms with Crippen molar-refractivity contribution in [2.45, 2.75) is 4.90 Å². The van der Waals surface area contributed by atoms with E-state index in [4.69, 9.17) is 10.8 Å². The summed E-state index contributed by atoms with van der Waals surface area (Å²) in [6.45, 7) is -0.319. The number of nitrogen functional groups attached to an aromatic ring is 1. The van der Waals surface area contributed by atoms with Gasteiger partial charge in [0.25, 0.3) is 0 Å². The van der Waals surface area contributed by atoms with Gasteiger partial charge in [0.2, 0.25) is 9.84 Å². The molecular weight excluding hydrogens is 202 g/mol. The van der Waals surface area contributed by atoms with Crippen LogP contribution in [-0.4, -0.2) is 20.1 Å². The molecule has 1 aromatic rings. The van der Waals surface area contributed by atoms with Gasteiger partial charge >= 0.3 is 0 Å². The Morgan fingerprint density at radius 1 is 1.36 bits per heavy atom. The highest BCUT2D eigenvalue weighted by Crippen LogP contribution is 2.36. The smallest absolute Gasteiger partial charge is 0.200 e. The van der Waals surface area contributed by atoms with Crippen LogP contribution in [0.4, 0.5) is 5.69 Å². The summed E-state index contributed by atoms with van der Waals surface area (Å²) in [5.41, 5.74) is 6.82. The predicted octanol–water partition coefficient (Wildman–Crippen LogP) is 0.389. The summed E-state index contributed by atoms with van der Waals surface area (Å²) in [4.78, 5) is 0.182. The Balaban J connectivity index is 2.82. The van der Waals surface area contributed by atoms with Crippen LogP contribution in [-0.2, 0) is 9.84 Å². The van der Waals surface area contributed by atoms with E-state index in [1.165, 1.54) is 6.07 Å². The number of fused-ring (bicyclic) bond motifs is 1. The Labute approximate surface area is 81.6 Å². The van der Waals surface area contributed by atoms with Crippen molar-refractivity contribution >= 4 is 21.1 Å². The lowest BCUT2D eigenvalue weighted by atomic mass is 10.1. The minimum Gasteiger partial charge on any atom is -0.398 e. The van der Waals surface area contributed by atoms with Crippen LogP contribution in [0.25, 0.3) is 5.57 Å². The van der Waals surface area contributed by atoms with Crippen LogP contribution in [0.15, 0.2) is 28.5 Å². The average Bonchev–Trinajstić information content (AvgIpc) is 2.40. The van der Waals surface area contributed by atoms with Gasteiger partial charge in [-0.1, -0.05) is 6.07 Å². The second-order valence-electron chi connectivity index (χ2n) is 3.07. The number of aliphatic hydroxyl groups is 1. The van der Waals surface area contributed by atoms with Crippen LogP contribution >= 0.6 is 0 Å². The van der Waals surface area contributed by atoms with Gasteiger partial charge in [-0.2, -0.15) is 0 Å². The molecule has 0 atom stereocenters. The molecular formula is C9H9NO3S. The molecule has 2 rings (SSSR count). The third-order valence-corrected chi connectivity index (χ3v) is 3.70. The van der Waals surface area contributed by atoms with Crippen molar-refractivity contribution in [2.24, 2.45) is 0 Å². The van der Waals surface area contributed by atoms with Gasteiger partial charge in [0, 0.05) is 16.7 Å². The summed E-state index contributed by atoms with van der Waals surface area (Å²) < 4.78 is 23.1. The number of benzene rings is 1. The van der Waals surface area contributed by atoms with Gasteiger partial charge in [0.15, 0.2) is 0 Å². The molecule has 1 heterocycles. The third-order valence-electron chi connectivity index (χ3n) is 2.15. The minimum atomic E-state index is -3.39. The third kappa shape index (κ3) is 1.13. The van der Waals surface area contributed by atoms with Crippen molar-refractivity contribution in [3.63, 3.8) is 0 Å². The molecule has 3 N–H and O–H groups in total. The van der Waals surface area contributed by atoms with Crippen LogP contribution in [0.2, 0.25) is 0 Å². The summed E-state index contributed by atoms with van der Waals surface area (Å²) in [7, 11) is -3.39. The molecule has 1 aliphatic rings. The van der Waals surface area contributed by atoms with Crippen molar-refractivity contribution < 1.29 is 13.5 Å². The van der Waals surface area contributed by atoms with E-state index in [-0.39, 0.29) is 11.5 Å². The molecule has 0 aromatic heterocycles. The fraction of sp³-hybridized carbons (Fsp3) is 0.111. The van der Waals surface area contributed by atoms with Crippen molar-refractivity contribution in [1.82, 2.24) is 0 Å². The Morgan fingerprint density at radius 2 is 2.07 bits per heavy atom. The molecule has 1 aromatic carbocycles. The first-order valence-corrected chi connectivity index (χ1v) is 5.56. The summed E-state index contributed by atoms with van der Waals surface area (Å²) in [6.07, 6.45) is 0. The molecule has 14 heavy (non-hydrogen) atoms. The lowest BCUT2D eigenvalue weighted by molar-refractivity contribution is 0.350. The summed E-state index contributed by atoms with van der Waals surface area (Å²) >= 11 is 0. The van der Waals surface area contributed by atoms with Crippen LogP contribution in [0.1, 0.15) is 5.56 Å². The molecule has 0 radical (unpaired) electrons. The van der Waals surface area contributed by atoms with Gasteiger partial charge in [0.05, 0.1) is 11.5 Å². The molecule has 0 aliphatic carbocycles. The van der Waals surface area contributed by atoms with Crippen LogP contribution < -0.4 is 5.73 Å². The van der Waals surface area contributed by atoms with E-state index in [1.807, 2.05) is 0 Å². The van der Waals surface area contributed by atoms with Gasteiger partial charge in [-0.3, -0.25) is 0 Å². The van der Waals surface area contributed by atoms with Crippen LogP contribution in [0.3, 0.4) is 0 Å². The molecule has 0 saturated heterocycles. The van der Waals surface area contributed by atoms with Crippen molar-refractivity contribution in [3.8, 4) is 0 Å². The fourth-order valence-electron chi connectivity index (χ4n) is 1.55. The van der Waals surface area contributed by atoms with Gasteiger partial charge < -0.3 is 10.8 Å². The highest BCUT2D eigenvalue weighted by Gasteiger charge is 2.27. The Hall–Kier alpha value is -1.33. The maximum absolute atomic E-state index is 11.5. The molecule has 74 valence electrons. The molecule has 1 aliphatic heterocycles. The maximum atomic E-state index is 11.5. The number of rotatable bonds is 1. The zero-order chi connectivity index (χ0) is 10.3. The van der Waals surface area contributed by atoms with E-state index >= 15 is 0 Å². The van der Waals surface area contributed by atoms with E-state index in [2.05, 4.69) is 0 Å². The first-order chi connectivity index (χ1) is 6.56. The zero-order valence-electron chi connectivity index (χ0n) is 7.27. The second kappa shape index (κ2) is 2.83. The average molecular weight is 211 g/mol. The van der Waals surface area contributed by atoms with Crippen molar-refractivity contribution in [2.75, 3.05) is 12.3 Å². The Kier molecular flexibility index (Phi) is 1.87. The van der Waals surface area contributed by atoms with E-state index in [9.17, 15) is 8.42 Å². The lowest BCUT2D eigenvalue weighted by Gasteiger charge is -2.04. The van der Waals surface area contributed by atoms with Gasteiger partial charge in [-0.05, 0) is 17.7 Å². The maximum Gasteiger partial charge on any atom is 0.200 e. The highest BCUT2D eigenvalue weighted by atomic mass is 32.2. The largest absolute Gasteiger partial charge is 0.398 e. The quantitative estimate of drug-likeness (QED) is 0.658. The minimum absolute atomic E-state index is 0.182. The Morgan fingerprint density at radius 3 is 2.71 bits per heavy atom. The first kappa shape index (κ1) is 9.23. The van der Waals surface area contributed by atoms with Gasteiger partial charge in [0.1, 0.15) is 0 Å². The monoisotopic (exact) mass is 211 g/mol. The highest BCUT2D eigenvalue weighted by molar-refractivity contribution is 7.95. The van der Waals surface area contributed by atoms with Crippen LogP contribution in [0.5, 0.6) is 0 Å². The number of hydrogen-bond donors (Lipinski definition) is 2. The first-order valence-electron chi connectivity index (χ1n) is 4.01. The lowest BCUT2D eigenvalue weighted by Crippen LogP contribution is -1.98. The molecule has 0 fully saturated rings. The molecule has 0 amide bonds. The van der Waals surface area contributed by atoms with Gasteiger partial charge in [-0.15, -0.1) is 0 Å². The molecule has 0 bridgehead atoms. The molecule has 0 unspecified atom stereocenters. The Bertz CT molecular complexity index is 517. The number of nitrogens with two attached hydrogens (primary N) is 1. The SMILES string of the molecule is Nc1cccc2c1C(CO)=CS2(=O)=O. The van der Waals surface area contributed by atoms with E-state index in [0.717, 1.165) is 5.41 Å². The molecule has 0 spiro atoms. The van der Waals surface area contributed by atoms with E-state index in [1.54, 1.807) is 12.1 Å². The summed E-state index contributed by atoms with van der Waals surface area (Å²) in [6, 6.07) is 4.68. The van der Waals surface area contributed by atoms with Crippen molar-refractivity contribution in [3.05, 3.63) is 29.2 Å².